The quantitative estimate of drug-likeness (QED) is 0.632. The molecule has 2 atom stereocenters. The van der Waals surface area contributed by atoms with E-state index >= 15 is 0 Å². The molecule has 1 saturated heterocycles. The van der Waals surface area contributed by atoms with E-state index in [0.717, 1.165) is 11.1 Å². The average molecular weight is 399 g/mol. The molecule has 0 aromatic heterocycles. The van der Waals surface area contributed by atoms with Crippen molar-refractivity contribution in [3.8, 4) is 0 Å². The fourth-order valence-electron chi connectivity index (χ4n) is 3.85. The smallest absolute Gasteiger partial charge is 0.306 e. The van der Waals surface area contributed by atoms with Crippen molar-refractivity contribution >= 4 is 17.6 Å². The van der Waals surface area contributed by atoms with Gasteiger partial charge in [0.15, 0.2) is 0 Å². The van der Waals surface area contributed by atoms with Crippen molar-refractivity contribution in [1.29, 1.82) is 0 Å². The topological polar surface area (TPSA) is 61.4 Å². The first-order valence-electron chi connectivity index (χ1n) is 10.1. The minimum Gasteiger partial charge on any atom is -0.306 e. The van der Waals surface area contributed by atoms with Gasteiger partial charge < -0.3 is 5.32 Å². The standard InChI is InChI=1S/C25H25N3O2/c1-17(2)18-13-15-21(16-14-18)26-25(30)28-23(20-11-7-4-8-12-20)22(24(29)27-28)19-9-5-3-6-10-19/h3-17,22-23H,1-2H3,(H,26,30)(H,27,29). The number of nitrogens with one attached hydrogen (secondary N) is 2. The number of hydrazine groups is 1. The van der Waals surface area contributed by atoms with E-state index < -0.39 is 12.0 Å². The number of benzene rings is 3. The third-order valence-electron chi connectivity index (χ3n) is 5.45. The SMILES string of the molecule is CC(C)c1ccc(NC(=O)N2NC(=O)C(c3ccccc3)C2c2ccccc2)cc1. The first kappa shape index (κ1) is 19.7. The zero-order chi connectivity index (χ0) is 21.1. The summed E-state index contributed by atoms with van der Waals surface area (Å²) in [5.41, 5.74) is 6.45. The summed E-state index contributed by atoms with van der Waals surface area (Å²) in [5.74, 6) is -0.260. The number of hydrogen-bond donors (Lipinski definition) is 2. The number of amides is 3. The second kappa shape index (κ2) is 8.41. The number of anilines is 1. The monoisotopic (exact) mass is 399 g/mol. The van der Waals surface area contributed by atoms with Gasteiger partial charge >= 0.3 is 6.03 Å². The maximum Gasteiger partial charge on any atom is 0.341 e. The van der Waals surface area contributed by atoms with Gasteiger partial charge in [0.05, 0.1) is 12.0 Å². The summed E-state index contributed by atoms with van der Waals surface area (Å²) in [6.45, 7) is 4.25. The van der Waals surface area contributed by atoms with Crippen LogP contribution in [0.2, 0.25) is 0 Å². The van der Waals surface area contributed by atoms with Crippen molar-refractivity contribution in [3.05, 3.63) is 102 Å². The highest BCUT2D eigenvalue weighted by atomic mass is 16.2. The molecule has 0 radical (unpaired) electrons. The van der Waals surface area contributed by atoms with Crippen LogP contribution in [-0.2, 0) is 4.79 Å². The molecule has 0 bridgehead atoms. The Labute approximate surface area is 176 Å². The Balaban J connectivity index is 1.64. The predicted octanol–water partition coefficient (Wildman–Crippen LogP) is 5.21. The molecule has 2 unspecified atom stereocenters. The van der Waals surface area contributed by atoms with Gasteiger partial charge in [-0.3, -0.25) is 10.2 Å². The number of carbonyl (C=O) groups is 2. The van der Waals surface area contributed by atoms with E-state index in [-0.39, 0.29) is 11.9 Å². The van der Waals surface area contributed by atoms with Crippen LogP contribution in [0.5, 0.6) is 0 Å². The van der Waals surface area contributed by atoms with Crippen LogP contribution in [0.1, 0.15) is 48.4 Å². The molecule has 3 aromatic rings. The van der Waals surface area contributed by atoms with Crippen molar-refractivity contribution in [1.82, 2.24) is 10.4 Å². The number of urea groups is 1. The number of rotatable bonds is 4. The van der Waals surface area contributed by atoms with Gasteiger partial charge in [0.1, 0.15) is 0 Å². The second-order valence-corrected chi connectivity index (χ2v) is 7.80. The van der Waals surface area contributed by atoms with Gasteiger partial charge in [0.2, 0.25) is 5.91 Å². The summed E-state index contributed by atoms with van der Waals surface area (Å²) in [7, 11) is 0. The maximum atomic E-state index is 13.1. The van der Waals surface area contributed by atoms with Crippen LogP contribution in [0, 0.1) is 0 Å². The molecule has 0 aliphatic carbocycles. The molecule has 3 amide bonds. The molecule has 5 nitrogen and oxygen atoms in total. The fourth-order valence-corrected chi connectivity index (χ4v) is 3.85. The van der Waals surface area contributed by atoms with Gasteiger partial charge in [-0.1, -0.05) is 86.6 Å². The Morgan fingerprint density at radius 2 is 1.43 bits per heavy atom. The predicted molar refractivity (Wildman–Crippen MR) is 118 cm³/mol. The lowest BCUT2D eigenvalue weighted by molar-refractivity contribution is -0.121. The summed E-state index contributed by atoms with van der Waals surface area (Å²) in [5, 5.41) is 4.32. The van der Waals surface area contributed by atoms with Crippen molar-refractivity contribution in [2.24, 2.45) is 0 Å². The highest BCUT2D eigenvalue weighted by Crippen LogP contribution is 2.39. The summed E-state index contributed by atoms with van der Waals surface area (Å²) in [4.78, 5) is 26.1. The Bertz CT molecular complexity index is 1020. The van der Waals surface area contributed by atoms with Crippen LogP contribution in [0.15, 0.2) is 84.9 Å². The van der Waals surface area contributed by atoms with Gasteiger partial charge in [0, 0.05) is 5.69 Å². The van der Waals surface area contributed by atoms with Crippen molar-refractivity contribution in [3.63, 3.8) is 0 Å². The molecular formula is C25H25N3O2. The molecule has 0 saturated carbocycles. The minimum atomic E-state index is -0.484. The molecule has 2 N–H and O–H groups in total. The van der Waals surface area contributed by atoms with Crippen LogP contribution >= 0.6 is 0 Å². The van der Waals surface area contributed by atoms with Crippen molar-refractivity contribution in [2.75, 3.05) is 5.32 Å². The molecule has 3 aromatic carbocycles. The third-order valence-corrected chi connectivity index (χ3v) is 5.45. The summed E-state index contributed by atoms with van der Waals surface area (Å²) in [6, 6.07) is 26.2. The molecule has 1 aliphatic rings. The van der Waals surface area contributed by atoms with Crippen LogP contribution < -0.4 is 10.7 Å². The van der Waals surface area contributed by atoms with Crippen LogP contribution in [0.25, 0.3) is 0 Å². The van der Waals surface area contributed by atoms with E-state index in [0.29, 0.717) is 11.6 Å². The molecule has 152 valence electrons. The Hall–Kier alpha value is -3.60. The van der Waals surface area contributed by atoms with Gasteiger partial charge in [-0.15, -0.1) is 0 Å². The average Bonchev–Trinajstić information content (AvgIpc) is 3.12. The van der Waals surface area contributed by atoms with Gasteiger partial charge in [0.25, 0.3) is 0 Å². The molecule has 1 fully saturated rings. The maximum absolute atomic E-state index is 13.1. The Kier molecular flexibility index (Phi) is 5.53. The molecular weight excluding hydrogens is 374 g/mol. The lowest BCUT2D eigenvalue weighted by Gasteiger charge is -2.26. The van der Waals surface area contributed by atoms with Crippen molar-refractivity contribution in [2.45, 2.75) is 31.7 Å². The van der Waals surface area contributed by atoms with Gasteiger partial charge in [-0.2, -0.15) is 0 Å². The minimum absolute atomic E-state index is 0.194. The van der Waals surface area contributed by atoms with E-state index in [2.05, 4.69) is 24.6 Å². The molecule has 1 heterocycles. The van der Waals surface area contributed by atoms with Crippen molar-refractivity contribution < 1.29 is 9.59 Å². The molecule has 30 heavy (non-hydrogen) atoms. The molecule has 5 heteroatoms. The van der Waals surface area contributed by atoms with Crippen LogP contribution in [0.3, 0.4) is 0 Å². The zero-order valence-electron chi connectivity index (χ0n) is 17.1. The van der Waals surface area contributed by atoms with Crippen LogP contribution in [0.4, 0.5) is 10.5 Å². The highest BCUT2D eigenvalue weighted by molar-refractivity contribution is 5.96. The molecule has 4 rings (SSSR count). The summed E-state index contributed by atoms with van der Waals surface area (Å²) in [6.07, 6.45) is 0. The molecule has 0 spiro atoms. The Morgan fingerprint density at radius 1 is 0.867 bits per heavy atom. The van der Waals surface area contributed by atoms with Gasteiger partial charge in [-0.25, -0.2) is 9.80 Å². The third kappa shape index (κ3) is 3.92. The van der Waals surface area contributed by atoms with E-state index in [1.807, 2.05) is 84.9 Å². The van der Waals surface area contributed by atoms with E-state index in [1.54, 1.807) is 0 Å². The molecule has 1 aliphatic heterocycles. The fraction of sp³-hybridized carbons (Fsp3) is 0.200. The zero-order valence-corrected chi connectivity index (χ0v) is 17.1. The second-order valence-electron chi connectivity index (χ2n) is 7.80. The number of hydrogen-bond acceptors (Lipinski definition) is 2. The van der Waals surface area contributed by atoms with E-state index in [9.17, 15) is 9.59 Å². The van der Waals surface area contributed by atoms with Crippen LogP contribution in [-0.4, -0.2) is 16.9 Å². The van der Waals surface area contributed by atoms with E-state index in [4.69, 9.17) is 0 Å². The summed E-state index contributed by atoms with van der Waals surface area (Å²) < 4.78 is 0. The first-order valence-corrected chi connectivity index (χ1v) is 10.1. The lowest BCUT2D eigenvalue weighted by atomic mass is 9.87. The Morgan fingerprint density at radius 3 is 2.00 bits per heavy atom. The number of carbonyl (C=O) groups excluding carboxylic acids is 2. The number of nitrogens with zero attached hydrogens (tertiary/aromatic N) is 1. The lowest BCUT2D eigenvalue weighted by Crippen LogP contribution is -2.42. The van der Waals surface area contributed by atoms with E-state index in [1.165, 1.54) is 10.6 Å². The van der Waals surface area contributed by atoms with Gasteiger partial charge in [-0.05, 0) is 34.7 Å². The largest absolute Gasteiger partial charge is 0.341 e. The summed E-state index contributed by atoms with van der Waals surface area (Å²) >= 11 is 0. The first-order chi connectivity index (χ1) is 14.5. The normalized spacial score (nSPS) is 18.4. The highest BCUT2D eigenvalue weighted by Gasteiger charge is 2.45.